The molecule has 0 aliphatic rings. The van der Waals surface area contributed by atoms with Gasteiger partial charge in [0.15, 0.2) is 0 Å². The van der Waals surface area contributed by atoms with Crippen LogP contribution in [-0.2, 0) is 22.6 Å². The van der Waals surface area contributed by atoms with Crippen LogP contribution in [0.1, 0.15) is 30.9 Å². The van der Waals surface area contributed by atoms with E-state index in [4.69, 9.17) is 11.6 Å². The molecular weight excluding hydrogens is 367 g/mol. The van der Waals surface area contributed by atoms with Crippen molar-refractivity contribution in [2.45, 2.75) is 38.8 Å². The molecule has 0 saturated heterocycles. The van der Waals surface area contributed by atoms with E-state index in [1.54, 1.807) is 30.1 Å². The fraction of sp³-hybridized carbons (Fsp3) is 0.333. The van der Waals surface area contributed by atoms with E-state index in [1.807, 2.05) is 25.1 Å². The molecule has 2 aromatic carbocycles. The van der Waals surface area contributed by atoms with Gasteiger partial charge >= 0.3 is 0 Å². The molecule has 0 spiro atoms. The molecule has 1 atom stereocenters. The molecule has 1 N–H and O–H groups in total. The monoisotopic (exact) mass is 390 g/mol. The van der Waals surface area contributed by atoms with Gasteiger partial charge in [-0.2, -0.15) is 0 Å². The van der Waals surface area contributed by atoms with Crippen LogP contribution in [0, 0.1) is 5.82 Å². The maximum Gasteiger partial charge on any atom is 0.242 e. The summed E-state index contributed by atoms with van der Waals surface area (Å²) in [4.78, 5) is 26.8. The zero-order valence-electron chi connectivity index (χ0n) is 15.5. The minimum atomic E-state index is -0.584. The minimum absolute atomic E-state index is 0.144. The number of benzene rings is 2. The Labute approximate surface area is 164 Å². The summed E-state index contributed by atoms with van der Waals surface area (Å²) >= 11 is 6.17. The van der Waals surface area contributed by atoms with Gasteiger partial charge in [-0.1, -0.05) is 48.9 Å². The molecule has 2 aromatic rings. The van der Waals surface area contributed by atoms with Gasteiger partial charge in [0.2, 0.25) is 11.8 Å². The van der Waals surface area contributed by atoms with E-state index in [-0.39, 0.29) is 30.6 Å². The Bertz CT molecular complexity index is 780. The molecule has 0 bridgehead atoms. The summed E-state index contributed by atoms with van der Waals surface area (Å²) in [7, 11) is 1.55. The Morgan fingerprint density at radius 1 is 1.15 bits per heavy atom. The van der Waals surface area contributed by atoms with Gasteiger partial charge in [-0.3, -0.25) is 9.59 Å². The van der Waals surface area contributed by atoms with Crippen LogP contribution < -0.4 is 5.32 Å². The van der Waals surface area contributed by atoms with Gasteiger partial charge in [0, 0.05) is 25.0 Å². The van der Waals surface area contributed by atoms with Crippen LogP contribution in [0.4, 0.5) is 4.39 Å². The van der Waals surface area contributed by atoms with Crippen molar-refractivity contribution >= 4 is 23.4 Å². The molecule has 2 rings (SSSR count). The zero-order chi connectivity index (χ0) is 19.8. The first-order chi connectivity index (χ1) is 13.0. The second-order valence-corrected chi connectivity index (χ2v) is 6.69. The standard InChI is InChI=1S/C21H24ClFN2O2/c1-3-19(21(27)24-2)25(14-15-8-11-17(23)12-9-15)20(26)13-10-16-6-4-5-7-18(16)22/h4-9,11-12,19H,3,10,13-14H2,1-2H3,(H,24,27)/t19-/m1/s1. The van der Waals surface area contributed by atoms with E-state index in [9.17, 15) is 14.0 Å². The first kappa shape index (κ1) is 20.9. The lowest BCUT2D eigenvalue weighted by Gasteiger charge is -2.30. The number of amides is 2. The molecule has 0 aliphatic carbocycles. The number of nitrogens with zero attached hydrogens (tertiary/aromatic N) is 1. The summed E-state index contributed by atoms with van der Waals surface area (Å²) < 4.78 is 13.2. The first-order valence-electron chi connectivity index (χ1n) is 8.95. The molecule has 144 valence electrons. The Morgan fingerprint density at radius 2 is 1.81 bits per heavy atom. The highest BCUT2D eigenvalue weighted by molar-refractivity contribution is 6.31. The highest BCUT2D eigenvalue weighted by atomic mass is 35.5. The van der Waals surface area contributed by atoms with E-state index >= 15 is 0 Å². The highest BCUT2D eigenvalue weighted by Gasteiger charge is 2.27. The second-order valence-electron chi connectivity index (χ2n) is 6.28. The molecule has 27 heavy (non-hydrogen) atoms. The Kier molecular flexibility index (Phi) is 7.80. The molecular formula is C21H24ClFN2O2. The summed E-state index contributed by atoms with van der Waals surface area (Å²) in [6, 6.07) is 12.8. The van der Waals surface area contributed by atoms with Crippen LogP contribution in [0.2, 0.25) is 5.02 Å². The molecule has 0 fully saturated rings. The number of carbonyl (C=O) groups is 2. The van der Waals surface area contributed by atoms with Gasteiger partial charge < -0.3 is 10.2 Å². The van der Waals surface area contributed by atoms with Crippen LogP contribution in [0.3, 0.4) is 0 Å². The molecule has 2 amide bonds. The lowest BCUT2D eigenvalue weighted by molar-refractivity contribution is -0.141. The van der Waals surface area contributed by atoms with E-state index in [0.717, 1.165) is 11.1 Å². The molecule has 0 aliphatic heterocycles. The Hall–Kier alpha value is -2.40. The number of halogens is 2. The summed E-state index contributed by atoms with van der Waals surface area (Å²) in [6.07, 6.45) is 1.21. The number of hydrogen-bond donors (Lipinski definition) is 1. The molecule has 0 aromatic heterocycles. The molecule has 6 heteroatoms. The first-order valence-corrected chi connectivity index (χ1v) is 9.33. The predicted octanol–water partition coefficient (Wildman–Crippen LogP) is 3.97. The van der Waals surface area contributed by atoms with Crippen molar-refractivity contribution in [3.63, 3.8) is 0 Å². The smallest absolute Gasteiger partial charge is 0.242 e. The minimum Gasteiger partial charge on any atom is -0.357 e. The van der Waals surface area contributed by atoms with Gasteiger partial charge in [-0.15, -0.1) is 0 Å². The molecule has 0 radical (unpaired) electrons. The Morgan fingerprint density at radius 3 is 2.41 bits per heavy atom. The number of nitrogens with one attached hydrogen (secondary N) is 1. The lowest BCUT2D eigenvalue weighted by Crippen LogP contribution is -2.48. The summed E-state index contributed by atoms with van der Waals surface area (Å²) in [6.45, 7) is 2.10. The normalized spacial score (nSPS) is 11.7. The fourth-order valence-corrected chi connectivity index (χ4v) is 3.19. The van der Waals surface area contributed by atoms with E-state index < -0.39 is 6.04 Å². The average Bonchev–Trinajstić information content (AvgIpc) is 2.68. The Balaban J connectivity index is 2.19. The third-order valence-electron chi connectivity index (χ3n) is 4.46. The molecule has 4 nitrogen and oxygen atoms in total. The van der Waals surface area contributed by atoms with Gasteiger partial charge in [0.05, 0.1) is 0 Å². The van der Waals surface area contributed by atoms with Crippen LogP contribution in [0.25, 0.3) is 0 Å². The number of hydrogen-bond acceptors (Lipinski definition) is 2. The van der Waals surface area contributed by atoms with Crippen LogP contribution in [0.15, 0.2) is 48.5 Å². The third kappa shape index (κ3) is 5.79. The van der Waals surface area contributed by atoms with E-state index in [2.05, 4.69) is 5.32 Å². The SMILES string of the molecule is CC[C@H](C(=O)NC)N(Cc1ccc(F)cc1)C(=O)CCc1ccccc1Cl. The van der Waals surface area contributed by atoms with Crippen molar-refractivity contribution in [3.8, 4) is 0 Å². The fourth-order valence-electron chi connectivity index (χ4n) is 2.96. The van der Waals surface area contributed by atoms with Gasteiger partial charge in [-0.05, 0) is 42.2 Å². The van der Waals surface area contributed by atoms with Crippen molar-refractivity contribution in [1.29, 1.82) is 0 Å². The quantitative estimate of drug-likeness (QED) is 0.741. The number of aryl methyl sites for hydroxylation is 1. The van der Waals surface area contributed by atoms with Crippen molar-refractivity contribution in [2.75, 3.05) is 7.05 Å². The van der Waals surface area contributed by atoms with Crippen molar-refractivity contribution < 1.29 is 14.0 Å². The maximum absolute atomic E-state index is 13.2. The molecule has 0 unspecified atom stereocenters. The number of rotatable bonds is 8. The van der Waals surface area contributed by atoms with Crippen molar-refractivity contribution in [3.05, 3.63) is 70.5 Å². The van der Waals surface area contributed by atoms with Crippen LogP contribution in [0.5, 0.6) is 0 Å². The van der Waals surface area contributed by atoms with Crippen molar-refractivity contribution in [2.24, 2.45) is 0 Å². The highest BCUT2D eigenvalue weighted by Crippen LogP contribution is 2.19. The average molecular weight is 391 g/mol. The second kappa shape index (κ2) is 10.1. The zero-order valence-corrected chi connectivity index (χ0v) is 16.3. The van der Waals surface area contributed by atoms with Crippen LogP contribution >= 0.6 is 11.6 Å². The van der Waals surface area contributed by atoms with E-state index in [0.29, 0.717) is 17.9 Å². The number of carbonyl (C=O) groups excluding carboxylic acids is 2. The maximum atomic E-state index is 13.2. The van der Waals surface area contributed by atoms with Gasteiger partial charge in [0.25, 0.3) is 0 Å². The predicted molar refractivity (Wildman–Crippen MR) is 105 cm³/mol. The van der Waals surface area contributed by atoms with E-state index in [1.165, 1.54) is 12.1 Å². The van der Waals surface area contributed by atoms with Gasteiger partial charge in [0.1, 0.15) is 11.9 Å². The molecule has 0 saturated carbocycles. The lowest BCUT2D eigenvalue weighted by atomic mass is 10.1. The van der Waals surface area contributed by atoms with Crippen LogP contribution in [-0.4, -0.2) is 29.8 Å². The van der Waals surface area contributed by atoms with Crippen molar-refractivity contribution in [1.82, 2.24) is 10.2 Å². The summed E-state index contributed by atoms with van der Waals surface area (Å²) in [5, 5.41) is 3.23. The largest absolute Gasteiger partial charge is 0.357 e. The van der Waals surface area contributed by atoms with Gasteiger partial charge in [-0.25, -0.2) is 4.39 Å². The third-order valence-corrected chi connectivity index (χ3v) is 4.83. The number of likely N-dealkylation sites (N-methyl/N-ethyl adjacent to an activating group) is 1. The topological polar surface area (TPSA) is 49.4 Å². The summed E-state index contributed by atoms with van der Waals surface area (Å²) in [5.74, 6) is -0.700. The summed E-state index contributed by atoms with van der Waals surface area (Å²) in [5.41, 5.74) is 1.66. The molecule has 0 heterocycles.